The van der Waals surface area contributed by atoms with Crippen molar-refractivity contribution >= 4 is 10.9 Å². The number of nitrogens with one attached hydrogen (secondary N) is 1. The minimum atomic E-state index is 0.206. The maximum absolute atomic E-state index is 6.09. The Morgan fingerprint density at radius 3 is 2.89 bits per heavy atom. The number of aromatic nitrogens is 1. The second kappa shape index (κ2) is 4.11. The summed E-state index contributed by atoms with van der Waals surface area (Å²) in [5, 5.41) is 1.33. The quantitative estimate of drug-likeness (QED) is 0.851. The van der Waals surface area contributed by atoms with Crippen molar-refractivity contribution in [3.63, 3.8) is 0 Å². The van der Waals surface area contributed by atoms with E-state index in [-0.39, 0.29) is 5.54 Å². The standard InChI is InChI=1S/C15H21N3/c1-15(2)7-12(16)10-18(15)9-11-8-17-14-6-4-3-5-13(11)14/h3-6,8,12,17H,7,9-10,16H2,1-2H3. The van der Waals surface area contributed by atoms with E-state index in [2.05, 4.69) is 54.2 Å². The molecule has 96 valence electrons. The summed E-state index contributed by atoms with van der Waals surface area (Å²) in [7, 11) is 0. The number of likely N-dealkylation sites (tertiary alicyclic amines) is 1. The first-order valence-electron chi connectivity index (χ1n) is 6.62. The van der Waals surface area contributed by atoms with Crippen molar-refractivity contribution in [3.05, 3.63) is 36.0 Å². The van der Waals surface area contributed by atoms with E-state index in [4.69, 9.17) is 5.73 Å². The summed E-state index contributed by atoms with van der Waals surface area (Å²) in [4.78, 5) is 5.84. The van der Waals surface area contributed by atoms with Crippen LogP contribution in [0, 0.1) is 0 Å². The third kappa shape index (κ3) is 1.93. The minimum Gasteiger partial charge on any atom is -0.361 e. The van der Waals surface area contributed by atoms with Crippen molar-refractivity contribution < 1.29 is 0 Å². The van der Waals surface area contributed by atoms with Crippen LogP contribution in [0.2, 0.25) is 0 Å². The van der Waals surface area contributed by atoms with E-state index in [1.807, 2.05) is 0 Å². The molecule has 3 nitrogen and oxygen atoms in total. The van der Waals surface area contributed by atoms with Gasteiger partial charge >= 0.3 is 0 Å². The predicted octanol–water partition coefficient (Wildman–Crippen LogP) is 2.48. The molecular formula is C15H21N3. The van der Waals surface area contributed by atoms with Gasteiger partial charge < -0.3 is 10.7 Å². The summed E-state index contributed by atoms with van der Waals surface area (Å²) in [6.07, 6.45) is 3.21. The Bertz CT molecular complexity index is 556. The van der Waals surface area contributed by atoms with Gasteiger partial charge in [-0.1, -0.05) is 18.2 Å². The lowest BCUT2D eigenvalue weighted by molar-refractivity contribution is 0.167. The second-order valence-electron chi connectivity index (χ2n) is 6.02. The molecule has 18 heavy (non-hydrogen) atoms. The van der Waals surface area contributed by atoms with Gasteiger partial charge in [-0.25, -0.2) is 0 Å². The minimum absolute atomic E-state index is 0.206. The lowest BCUT2D eigenvalue weighted by Gasteiger charge is -2.31. The first-order valence-corrected chi connectivity index (χ1v) is 6.62. The number of hydrogen-bond acceptors (Lipinski definition) is 2. The molecule has 1 fully saturated rings. The van der Waals surface area contributed by atoms with Crippen LogP contribution in [0.15, 0.2) is 30.5 Å². The van der Waals surface area contributed by atoms with Crippen LogP contribution in [-0.2, 0) is 6.54 Å². The molecule has 3 rings (SSSR count). The van der Waals surface area contributed by atoms with Gasteiger partial charge in [0.2, 0.25) is 0 Å². The van der Waals surface area contributed by atoms with Crippen LogP contribution < -0.4 is 5.73 Å². The Kier molecular flexibility index (Phi) is 2.68. The molecule has 3 heteroatoms. The fraction of sp³-hybridized carbons (Fsp3) is 0.467. The molecule has 1 aliphatic heterocycles. The first kappa shape index (κ1) is 11.8. The smallest absolute Gasteiger partial charge is 0.0457 e. The average Bonchev–Trinajstić information content (AvgIpc) is 2.82. The normalized spacial score (nSPS) is 23.8. The van der Waals surface area contributed by atoms with Crippen molar-refractivity contribution in [1.82, 2.24) is 9.88 Å². The maximum atomic E-state index is 6.09. The summed E-state index contributed by atoms with van der Waals surface area (Å²) in [6, 6.07) is 8.79. The summed E-state index contributed by atoms with van der Waals surface area (Å²) in [5.41, 5.74) is 8.88. The highest BCUT2D eigenvalue weighted by molar-refractivity contribution is 5.82. The number of fused-ring (bicyclic) bond motifs is 1. The van der Waals surface area contributed by atoms with Gasteiger partial charge in [0.05, 0.1) is 0 Å². The van der Waals surface area contributed by atoms with Crippen molar-refractivity contribution in [2.75, 3.05) is 6.54 Å². The van der Waals surface area contributed by atoms with E-state index in [1.165, 1.54) is 16.5 Å². The van der Waals surface area contributed by atoms with Gasteiger partial charge in [0.15, 0.2) is 0 Å². The third-order valence-corrected chi connectivity index (χ3v) is 4.11. The number of rotatable bonds is 2. The molecule has 1 saturated heterocycles. The Morgan fingerprint density at radius 1 is 1.39 bits per heavy atom. The average molecular weight is 243 g/mol. The van der Waals surface area contributed by atoms with E-state index in [0.29, 0.717) is 6.04 Å². The van der Waals surface area contributed by atoms with Crippen molar-refractivity contribution in [1.29, 1.82) is 0 Å². The summed E-state index contributed by atoms with van der Waals surface area (Å²) >= 11 is 0. The second-order valence-corrected chi connectivity index (χ2v) is 6.02. The predicted molar refractivity (Wildman–Crippen MR) is 75.4 cm³/mol. The summed E-state index contributed by atoms with van der Waals surface area (Å²) in [6.45, 7) is 6.54. The largest absolute Gasteiger partial charge is 0.361 e. The van der Waals surface area contributed by atoms with Crippen molar-refractivity contribution in [2.24, 2.45) is 5.73 Å². The Labute approximate surface area is 108 Å². The Balaban J connectivity index is 1.89. The molecular weight excluding hydrogens is 222 g/mol. The van der Waals surface area contributed by atoms with E-state index in [1.54, 1.807) is 0 Å². The number of hydrogen-bond donors (Lipinski definition) is 2. The lowest BCUT2D eigenvalue weighted by atomic mass is 10.00. The maximum Gasteiger partial charge on any atom is 0.0457 e. The Morgan fingerprint density at radius 2 is 2.17 bits per heavy atom. The fourth-order valence-electron chi connectivity index (χ4n) is 3.11. The van der Waals surface area contributed by atoms with E-state index in [9.17, 15) is 0 Å². The number of aromatic amines is 1. The highest BCUT2D eigenvalue weighted by Crippen LogP contribution is 2.30. The van der Waals surface area contributed by atoms with Crippen molar-refractivity contribution in [2.45, 2.75) is 38.4 Å². The highest BCUT2D eigenvalue weighted by atomic mass is 15.2. The monoisotopic (exact) mass is 243 g/mol. The molecule has 0 aliphatic carbocycles. The van der Waals surface area contributed by atoms with Gasteiger partial charge in [0.1, 0.15) is 0 Å². The zero-order valence-electron chi connectivity index (χ0n) is 11.1. The SMILES string of the molecule is CC1(C)CC(N)CN1Cc1c[nH]c2ccccc12. The summed E-state index contributed by atoms with van der Waals surface area (Å²) < 4.78 is 0. The van der Waals surface area contributed by atoms with Gasteiger partial charge in [-0.3, -0.25) is 4.90 Å². The van der Waals surface area contributed by atoms with Crippen LogP contribution in [0.3, 0.4) is 0 Å². The van der Waals surface area contributed by atoms with Crippen LogP contribution in [0.5, 0.6) is 0 Å². The molecule has 1 aromatic carbocycles. The molecule has 1 aromatic heterocycles. The number of nitrogens with two attached hydrogens (primary N) is 1. The van der Waals surface area contributed by atoms with Crippen LogP contribution in [-0.4, -0.2) is 28.0 Å². The number of para-hydroxylation sites is 1. The van der Waals surface area contributed by atoms with Gasteiger partial charge in [0.25, 0.3) is 0 Å². The number of benzene rings is 1. The molecule has 1 aliphatic rings. The van der Waals surface area contributed by atoms with Gasteiger partial charge in [-0.15, -0.1) is 0 Å². The molecule has 2 heterocycles. The number of H-pyrrole nitrogens is 1. The molecule has 0 radical (unpaired) electrons. The molecule has 1 unspecified atom stereocenters. The molecule has 0 spiro atoms. The molecule has 0 amide bonds. The van der Waals surface area contributed by atoms with E-state index >= 15 is 0 Å². The topological polar surface area (TPSA) is 45.0 Å². The zero-order chi connectivity index (χ0) is 12.8. The highest BCUT2D eigenvalue weighted by Gasteiger charge is 2.36. The number of nitrogens with zero attached hydrogens (tertiary/aromatic N) is 1. The molecule has 0 bridgehead atoms. The lowest BCUT2D eigenvalue weighted by Crippen LogP contribution is -2.37. The van der Waals surface area contributed by atoms with E-state index in [0.717, 1.165) is 19.5 Å². The molecule has 2 aromatic rings. The van der Waals surface area contributed by atoms with Gasteiger partial charge in [-0.2, -0.15) is 0 Å². The fourth-order valence-corrected chi connectivity index (χ4v) is 3.11. The van der Waals surface area contributed by atoms with Crippen LogP contribution in [0.1, 0.15) is 25.8 Å². The van der Waals surface area contributed by atoms with E-state index < -0.39 is 0 Å². The Hall–Kier alpha value is -1.32. The van der Waals surface area contributed by atoms with Crippen LogP contribution >= 0.6 is 0 Å². The molecule has 3 N–H and O–H groups in total. The third-order valence-electron chi connectivity index (χ3n) is 4.11. The van der Waals surface area contributed by atoms with Crippen LogP contribution in [0.4, 0.5) is 0 Å². The molecule has 1 atom stereocenters. The van der Waals surface area contributed by atoms with Gasteiger partial charge in [-0.05, 0) is 31.9 Å². The van der Waals surface area contributed by atoms with Crippen molar-refractivity contribution in [3.8, 4) is 0 Å². The zero-order valence-corrected chi connectivity index (χ0v) is 11.1. The summed E-state index contributed by atoms with van der Waals surface area (Å²) in [5.74, 6) is 0. The van der Waals surface area contributed by atoms with Gasteiger partial charge in [0, 0.05) is 41.8 Å². The molecule has 0 saturated carbocycles. The first-order chi connectivity index (χ1) is 8.56. The van der Waals surface area contributed by atoms with Crippen LogP contribution in [0.25, 0.3) is 10.9 Å².